The number of piperidine rings is 1. The summed E-state index contributed by atoms with van der Waals surface area (Å²) in [5, 5.41) is 0. The van der Waals surface area contributed by atoms with Crippen LogP contribution in [0.4, 0.5) is 0 Å². The third-order valence-electron chi connectivity index (χ3n) is 4.10. The molecule has 1 saturated heterocycles. The van der Waals surface area contributed by atoms with Crippen LogP contribution in [0.15, 0.2) is 0 Å². The number of nitrogens with zero attached hydrogens (tertiary/aromatic N) is 2. The summed E-state index contributed by atoms with van der Waals surface area (Å²) < 4.78 is 0. The van der Waals surface area contributed by atoms with Crippen LogP contribution in [-0.2, 0) is 4.79 Å². The minimum Gasteiger partial charge on any atom is -0.345 e. The van der Waals surface area contributed by atoms with Gasteiger partial charge in [0.15, 0.2) is 0 Å². The van der Waals surface area contributed by atoms with Crippen molar-refractivity contribution in [2.24, 2.45) is 17.6 Å². The van der Waals surface area contributed by atoms with E-state index in [1.807, 2.05) is 18.9 Å². The number of hydrogen-bond donors (Lipinski definition) is 1. The Morgan fingerprint density at radius 1 is 1.56 bits per heavy atom. The topological polar surface area (TPSA) is 49.6 Å². The minimum atomic E-state index is 0.00373. The van der Waals surface area contributed by atoms with E-state index in [1.165, 1.54) is 25.9 Å². The van der Waals surface area contributed by atoms with Crippen LogP contribution in [0.25, 0.3) is 0 Å². The van der Waals surface area contributed by atoms with Gasteiger partial charge in [-0.2, -0.15) is 0 Å². The lowest BCUT2D eigenvalue weighted by molar-refractivity contribution is -0.134. The number of rotatable bonds is 6. The molecule has 1 fully saturated rings. The first-order valence-corrected chi connectivity index (χ1v) is 7.22. The molecule has 2 N–H and O–H groups in total. The Kier molecular flexibility index (Phi) is 6.65. The summed E-state index contributed by atoms with van der Waals surface area (Å²) >= 11 is 0. The Morgan fingerprint density at radius 2 is 2.28 bits per heavy atom. The predicted octanol–water partition coefficient (Wildman–Crippen LogP) is 1.16. The van der Waals surface area contributed by atoms with E-state index in [9.17, 15) is 4.79 Å². The lowest BCUT2D eigenvalue weighted by atomic mass is 9.95. The van der Waals surface area contributed by atoms with E-state index >= 15 is 0 Å². The zero-order chi connectivity index (χ0) is 13.5. The second-order valence-corrected chi connectivity index (χ2v) is 5.66. The highest BCUT2D eigenvalue weighted by atomic mass is 16.2. The van der Waals surface area contributed by atoms with Crippen LogP contribution < -0.4 is 5.73 Å². The fourth-order valence-electron chi connectivity index (χ4n) is 2.75. The first-order chi connectivity index (χ1) is 8.58. The maximum atomic E-state index is 12.1. The van der Waals surface area contributed by atoms with E-state index in [-0.39, 0.29) is 11.8 Å². The molecular formula is C14H29N3O. The van der Waals surface area contributed by atoms with Crippen molar-refractivity contribution >= 4 is 5.91 Å². The SMILES string of the molecule is CCC(CN)C(=O)N(C)CCC1CCCN(C)C1. The Bertz CT molecular complexity index is 253. The summed E-state index contributed by atoms with van der Waals surface area (Å²) in [4.78, 5) is 16.3. The smallest absolute Gasteiger partial charge is 0.226 e. The van der Waals surface area contributed by atoms with Crippen molar-refractivity contribution < 1.29 is 4.79 Å². The largest absolute Gasteiger partial charge is 0.345 e. The molecule has 1 aliphatic rings. The molecule has 0 radical (unpaired) electrons. The molecule has 2 atom stereocenters. The van der Waals surface area contributed by atoms with Crippen molar-refractivity contribution in [3.8, 4) is 0 Å². The summed E-state index contributed by atoms with van der Waals surface area (Å²) in [7, 11) is 4.09. The fourth-order valence-corrected chi connectivity index (χ4v) is 2.75. The highest BCUT2D eigenvalue weighted by Crippen LogP contribution is 2.19. The highest BCUT2D eigenvalue weighted by molar-refractivity contribution is 5.78. The van der Waals surface area contributed by atoms with Crippen molar-refractivity contribution in [3.05, 3.63) is 0 Å². The van der Waals surface area contributed by atoms with Crippen LogP contribution >= 0.6 is 0 Å². The molecule has 18 heavy (non-hydrogen) atoms. The van der Waals surface area contributed by atoms with E-state index in [2.05, 4.69) is 11.9 Å². The summed E-state index contributed by atoms with van der Waals surface area (Å²) in [6, 6.07) is 0. The second kappa shape index (κ2) is 7.74. The maximum Gasteiger partial charge on any atom is 0.226 e. The average molecular weight is 255 g/mol. The van der Waals surface area contributed by atoms with Crippen LogP contribution in [0, 0.1) is 11.8 Å². The van der Waals surface area contributed by atoms with E-state index in [1.54, 1.807) is 0 Å². The number of nitrogens with two attached hydrogens (primary N) is 1. The molecule has 0 aliphatic carbocycles. The van der Waals surface area contributed by atoms with Gasteiger partial charge in [0.25, 0.3) is 0 Å². The molecule has 0 aromatic carbocycles. The van der Waals surface area contributed by atoms with E-state index in [0.717, 1.165) is 25.3 Å². The van der Waals surface area contributed by atoms with Gasteiger partial charge in [-0.05, 0) is 45.2 Å². The molecule has 0 spiro atoms. The first kappa shape index (κ1) is 15.4. The molecule has 106 valence electrons. The molecule has 0 bridgehead atoms. The van der Waals surface area contributed by atoms with E-state index in [0.29, 0.717) is 6.54 Å². The van der Waals surface area contributed by atoms with Gasteiger partial charge in [0.05, 0.1) is 5.92 Å². The molecular weight excluding hydrogens is 226 g/mol. The average Bonchev–Trinajstić information content (AvgIpc) is 2.37. The summed E-state index contributed by atoms with van der Waals surface area (Å²) in [6.45, 7) is 5.76. The lowest BCUT2D eigenvalue weighted by Gasteiger charge is -2.31. The van der Waals surface area contributed by atoms with Crippen molar-refractivity contribution in [1.29, 1.82) is 0 Å². The Morgan fingerprint density at radius 3 is 2.83 bits per heavy atom. The molecule has 1 heterocycles. The summed E-state index contributed by atoms with van der Waals surface area (Å²) in [5.41, 5.74) is 5.62. The predicted molar refractivity (Wildman–Crippen MR) is 75.3 cm³/mol. The zero-order valence-electron chi connectivity index (χ0n) is 12.2. The monoisotopic (exact) mass is 255 g/mol. The summed E-state index contributed by atoms with van der Waals surface area (Å²) in [5.74, 6) is 0.963. The first-order valence-electron chi connectivity index (χ1n) is 7.22. The number of carbonyl (C=O) groups excluding carboxylic acids is 1. The van der Waals surface area contributed by atoms with Gasteiger partial charge in [-0.3, -0.25) is 4.79 Å². The standard InChI is InChI=1S/C14H29N3O/c1-4-13(10-15)14(18)17(3)9-7-12-6-5-8-16(2)11-12/h12-13H,4-11,15H2,1-3H3. The second-order valence-electron chi connectivity index (χ2n) is 5.66. The van der Waals surface area contributed by atoms with Crippen molar-refractivity contribution in [2.75, 3.05) is 40.3 Å². The molecule has 1 amide bonds. The molecule has 2 unspecified atom stereocenters. The molecule has 1 rings (SSSR count). The van der Waals surface area contributed by atoms with Crippen LogP contribution in [0.2, 0.25) is 0 Å². The van der Waals surface area contributed by atoms with Crippen LogP contribution in [0.5, 0.6) is 0 Å². The van der Waals surface area contributed by atoms with Crippen molar-refractivity contribution in [2.45, 2.75) is 32.6 Å². The number of amides is 1. The molecule has 0 saturated carbocycles. The number of hydrogen-bond acceptors (Lipinski definition) is 3. The van der Waals surface area contributed by atoms with Crippen LogP contribution in [-0.4, -0.2) is 56.0 Å². The van der Waals surface area contributed by atoms with Gasteiger partial charge in [-0.1, -0.05) is 6.92 Å². The van der Waals surface area contributed by atoms with Gasteiger partial charge in [0, 0.05) is 26.7 Å². The fraction of sp³-hybridized carbons (Fsp3) is 0.929. The van der Waals surface area contributed by atoms with Gasteiger partial charge in [0.2, 0.25) is 5.91 Å². The van der Waals surface area contributed by atoms with Gasteiger partial charge >= 0.3 is 0 Å². The number of carbonyl (C=O) groups is 1. The Balaban J connectivity index is 2.31. The van der Waals surface area contributed by atoms with Crippen molar-refractivity contribution in [3.63, 3.8) is 0 Å². The summed E-state index contributed by atoms with van der Waals surface area (Å²) in [6.07, 6.45) is 4.55. The molecule has 4 nitrogen and oxygen atoms in total. The van der Waals surface area contributed by atoms with E-state index < -0.39 is 0 Å². The maximum absolute atomic E-state index is 12.1. The highest BCUT2D eigenvalue weighted by Gasteiger charge is 2.21. The molecule has 1 aliphatic heterocycles. The Labute approximate surface area is 111 Å². The van der Waals surface area contributed by atoms with Crippen molar-refractivity contribution in [1.82, 2.24) is 9.80 Å². The van der Waals surface area contributed by atoms with Gasteiger partial charge in [-0.25, -0.2) is 0 Å². The minimum absolute atomic E-state index is 0.00373. The van der Waals surface area contributed by atoms with Crippen LogP contribution in [0.3, 0.4) is 0 Å². The lowest BCUT2D eigenvalue weighted by Crippen LogP contribution is -2.39. The van der Waals surface area contributed by atoms with E-state index in [4.69, 9.17) is 5.73 Å². The zero-order valence-corrected chi connectivity index (χ0v) is 12.2. The van der Waals surface area contributed by atoms with Gasteiger partial charge in [0.1, 0.15) is 0 Å². The molecule has 4 heteroatoms. The van der Waals surface area contributed by atoms with Gasteiger partial charge < -0.3 is 15.5 Å². The molecule has 0 aromatic heterocycles. The van der Waals surface area contributed by atoms with Gasteiger partial charge in [-0.15, -0.1) is 0 Å². The Hall–Kier alpha value is -0.610. The van der Waals surface area contributed by atoms with Crippen LogP contribution in [0.1, 0.15) is 32.6 Å². The third-order valence-corrected chi connectivity index (χ3v) is 4.10. The number of likely N-dealkylation sites (tertiary alicyclic amines) is 1. The quantitative estimate of drug-likeness (QED) is 0.775. The third kappa shape index (κ3) is 4.58. The normalized spacial score (nSPS) is 22.8. The molecule has 0 aromatic rings.